The molecule has 5 nitrogen and oxygen atoms in total. The molecule has 0 atom stereocenters. The maximum absolute atomic E-state index is 12.1. The average molecular weight is 411 g/mol. The summed E-state index contributed by atoms with van der Waals surface area (Å²) in [6.07, 6.45) is 0.855. The number of hydrogen-bond acceptors (Lipinski definition) is 3. The number of carbonyl (C=O) groups excluding carboxylic acids is 1. The van der Waals surface area contributed by atoms with E-state index in [1.165, 1.54) is 19.2 Å². The van der Waals surface area contributed by atoms with Gasteiger partial charge in [0.1, 0.15) is 0 Å². The van der Waals surface area contributed by atoms with Crippen LogP contribution >= 0.6 is 15.9 Å². The van der Waals surface area contributed by atoms with Crippen molar-refractivity contribution in [2.75, 3.05) is 12.4 Å². The number of nitrogens with one attached hydrogen (secondary N) is 2. The molecule has 128 valence electrons. The Bertz CT molecular complexity index is 833. The van der Waals surface area contributed by atoms with Crippen LogP contribution in [0.2, 0.25) is 0 Å². The Kier molecular flexibility index (Phi) is 6.15. The molecule has 0 saturated heterocycles. The van der Waals surface area contributed by atoms with Crippen LogP contribution in [0, 0.1) is 6.92 Å². The van der Waals surface area contributed by atoms with Crippen LogP contribution in [0.25, 0.3) is 0 Å². The number of amides is 1. The van der Waals surface area contributed by atoms with Crippen LogP contribution < -0.4 is 10.0 Å². The molecular formula is C17H19BrN2O3S. The third-order valence-corrected chi connectivity index (χ3v) is 5.63. The van der Waals surface area contributed by atoms with E-state index in [1.54, 1.807) is 12.1 Å². The van der Waals surface area contributed by atoms with Gasteiger partial charge < -0.3 is 5.32 Å². The van der Waals surface area contributed by atoms with Crippen LogP contribution in [0.3, 0.4) is 0 Å². The van der Waals surface area contributed by atoms with Crippen molar-refractivity contribution in [2.24, 2.45) is 0 Å². The highest BCUT2D eigenvalue weighted by Gasteiger charge is 2.11. The second kappa shape index (κ2) is 7.92. The van der Waals surface area contributed by atoms with E-state index < -0.39 is 10.0 Å². The Morgan fingerprint density at radius 2 is 1.79 bits per heavy atom. The van der Waals surface area contributed by atoms with Gasteiger partial charge in [0.15, 0.2) is 0 Å². The first-order chi connectivity index (χ1) is 11.3. The Hall–Kier alpha value is -1.70. The molecule has 0 spiro atoms. The number of rotatable bonds is 6. The lowest BCUT2D eigenvalue weighted by Gasteiger charge is -2.08. The van der Waals surface area contributed by atoms with Gasteiger partial charge in [-0.2, -0.15) is 0 Å². The van der Waals surface area contributed by atoms with Gasteiger partial charge in [-0.3, -0.25) is 4.79 Å². The molecule has 2 aromatic rings. The lowest BCUT2D eigenvalue weighted by molar-refractivity contribution is -0.116. The molecule has 24 heavy (non-hydrogen) atoms. The van der Waals surface area contributed by atoms with E-state index in [1.807, 2.05) is 25.1 Å². The summed E-state index contributed by atoms with van der Waals surface area (Å²) in [6, 6.07) is 12.2. The maximum atomic E-state index is 12.1. The molecule has 0 bridgehead atoms. The zero-order chi connectivity index (χ0) is 17.7. The highest BCUT2D eigenvalue weighted by atomic mass is 79.9. The van der Waals surface area contributed by atoms with Crippen LogP contribution in [0.1, 0.15) is 17.5 Å². The Morgan fingerprint density at radius 3 is 2.38 bits per heavy atom. The molecule has 7 heteroatoms. The highest BCUT2D eigenvalue weighted by molar-refractivity contribution is 9.10. The zero-order valence-electron chi connectivity index (χ0n) is 13.5. The van der Waals surface area contributed by atoms with Crippen molar-refractivity contribution in [3.05, 3.63) is 58.1 Å². The molecule has 1 amide bonds. The number of anilines is 1. The molecule has 2 rings (SSSR count). The zero-order valence-corrected chi connectivity index (χ0v) is 15.9. The Labute approximate surface area is 150 Å². The summed E-state index contributed by atoms with van der Waals surface area (Å²) in [7, 11) is -2.06. The molecule has 0 aliphatic rings. The van der Waals surface area contributed by atoms with Gasteiger partial charge in [-0.05, 0) is 71.7 Å². The molecule has 0 aliphatic heterocycles. The van der Waals surface area contributed by atoms with E-state index in [9.17, 15) is 13.2 Å². The predicted molar refractivity (Wildman–Crippen MR) is 98.5 cm³/mol. The SMILES string of the molecule is CNS(=O)(=O)c1ccc(CCC(=O)Nc2ccc(C)cc2Br)cc1. The number of aryl methyl sites for hydroxylation is 2. The normalized spacial score (nSPS) is 11.3. The minimum atomic E-state index is -3.43. The van der Waals surface area contributed by atoms with E-state index in [2.05, 4.69) is 26.0 Å². The van der Waals surface area contributed by atoms with Gasteiger partial charge in [0.2, 0.25) is 15.9 Å². The summed E-state index contributed by atoms with van der Waals surface area (Å²) in [5, 5.41) is 2.86. The van der Waals surface area contributed by atoms with Crippen LogP contribution in [0.15, 0.2) is 51.8 Å². The molecule has 2 aromatic carbocycles. The first-order valence-electron chi connectivity index (χ1n) is 7.40. The van der Waals surface area contributed by atoms with Crippen molar-refractivity contribution in [1.29, 1.82) is 0 Å². The lowest BCUT2D eigenvalue weighted by Crippen LogP contribution is -2.18. The number of benzene rings is 2. The third kappa shape index (κ3) is 4.90. The lowest BCUT2D eigenvalue weighted by atomic mass is 10.1. The van der Waals surface area contributed by atoms with Gasteiger partial charge in [-0.15, -0.1) is 0 Å². The van der Waals surface area contributed by atoms with Crippen molar-refractivity contribution >= 4 is 37.5 Å². The smallest absolute Gasteiger partial charge is 0.240 e. The van der Waals surface area contributed by atoms with Gasteiger partial charge in [0, 0.05) is 10.9 Å². The number of sulfonamides is 1. The molecule has 0 saturated carbocycles. The summed E-state index contributed by atoms with van der Waals surface area (Å²) in [6.45, 7) is 1.98. The standard InChI is InChI=1S/C17H19BrN2O3S/c1-12-3-9-16(15(18)11-12)20-17(21)10-6-13-4-7-14(8-5-13)24(22,23)19-2/h3-5,7-9,11,19H,6,10H2,1-2H3,(H,20,21). The topological polar surface area (TPSA) is 75.3 Å². The fourth-order valence-electron chi connectivity index (χ4n) is 2.15. The van der Waals surface area contributed by atoms with Crippen molar-refractivity contribution < 1.29 is 13.2 Å². The van der Waals surface area contributed by atoms with Crippen molar-refractivity contribution in [3.8, 4) is 0 Å². The Morgan fingerprint density at radius 1 is 1.12 bits per heavy atom. The maximum Gasteiger partial charge on any atom is 0.240 e. The van der Waals surface area contributed by atoms with E-state index in [-0.39, 0.29) is 10.8 Å². The van der Waals surface area contributed by atoms with Gasteiger partial charge in [-0.25, -0.2) is 13.1 Å². The minimum Gasteiger partial charge on any atom is -0.325 e. The minimum absolute atomic E-state index is 0.0912. The van der Waals surface area contributed by atoms with Gasteiger partial charge in [0.25, 0.3) is 0 Å². The largest absolute Gasteiger partial charge is 0.325 e. The van der Waals surface area contributed by atoms with E-state index in [0.29, 0.717) is 12.8 Å². The van der Waals surface area contributed by atoms with E-state index in [0.717, 1.165) is 21.3 Å². The van der Waals surface area contributed by atoms with Crippen molar-refractivity contribution in [2.45, 2.75) is 24.7 Å². The quantitative estimate of drug-likeness (QED) is 0.767. The van der Waals surface area contributed by atoms with Gasteiger partial charge >= 0.3 is 0 Å². The van der Waals surface area contributed by atoms with Crippen LogP contribution in [0.5, 0.6) is 0 Å². The fraction of sp³-hybridized carbons (Fsp3) is 0.235. The molecule has 0 radical (unpaired) electrons. The molecule has 0 aromatic heterocycles. The van der Waals surface area contributed by atoms with E-state index in [4.69, 9.17) is 0 Å². The van der Waals surface area contributed by atoms with Crippen LogP contribution in [-0.2, 0) is 21.2 Å². The third-order valence-electron chi connectivity index (χ3n) is 3.54. The highest BCUT2D eigenvalue weighted by Crippen LogP contribution is 2.23. The average Bonchev–Trinajstić information content (AvgIpc) is 2.56. The summed E-state index contributed by atoms with van der Waals surface area (Å²) in [4.78, 5) is 12.3. The monoisotopic (exact) mass is 410 g/mol. The molecule has 0 fully saturated rings. The molecule has 0 aliphatic carbocycles. The number of carbonyl (C=O) groups is 1. The first kappa shape index (κ1) is 18.6. The Balaban J connectivity index is 1.94. The first-order valence-corrected chi connectivity index (χ1v) is 9.68. The summed E-state index contributed by atoms with van der Waals surface area (Å²) < 4.78 is 26.4. The number of hydrogen-bond donors (Lipinski definition) is 2. The van der Waals surface area contributed by atoms with E-state index >= 15 is 0 Å². The van der Waals surface area contributed by atoms with Gasteiger partial charge in [0.05, 0.1) is 10.6 Å². The summed E-state index contributed by atoms with van der Waals surface area (Å²) in [5.74, 6) is -0.0912. The number of halogens is 1. The molecule has 2 N–H and O–H groups in total. The summed E-state index contributed by atoms with van der Waals surface area (Å²) >= 11 is 3.43. The van der Waals surface area contributed by atoms with Crippen LogP contribution in [0.4, 0.5) is 5.69 Å². The predicted octanol–water partition coefficient (Wildman–Crippen LogP) is 3.24. The van der Waals surface area contributed by atoms with Crippen LogP contribution in [-0.4, -0.2) is 21.4 Å². The second-order valence-corrected chi connectivity index (χ2v) is 8.12. The van der Waals surface area contributed by atoms with Gasteiger partial charge in [-0.1, -0.05) is 18.2 Å². The fourth-order valence-corrected chi connectivity index (χ4v) is 3.47. The second-order valence-electron chi connectivity index (χ2n) is 5.38. The molecule has 0 unspecified atom stereocenters. The van der Waals surface area contributed by atoms with Crippen molar-refractivity contribution in [3.63, 3.8) is 0 Å². The summed E-state index contributed by atoms with van der Waals surface area (Å²) in [5.41, 5.74) is 2.75. The molecular weight excluding hydrogens is 392 g/mol. The van der Waals surface area contributed by atoms with Crippen molar-refractivity contribution in [1.82, 2.24) is 4.72 Å². The molecule has 0 heterocycles.